The largest absolute Gasteiger partial charge is 0.424 e. The lowest BCUT2D eigenvalue weighted by molar-refractivity contribution is 0.635. The van der Waals surface area contributed by atoms with E-state index in [1.54, 1.807) is 0 Å². The standard InChI is InChI=1S/C14H11I2O2PS/c15-17-12-6-1-9(7-13(12)18-16)8-14(20)10-2-4-11(19)5-3-10/h1-8,20H,19H2/b14-8-. The van der Waals surface area contributed by atoms with Gasteiger partial charge in [0.05, 0.1) is 0 Å². The van der Waals surface area contributed by atoms with Gasteiger partial charge in [-0.3, -0.25) is 0 Å². The third-order valence-corrected chi connectivity index (χ3v) is 4.36. The van der Waals surface area contributed by atoms with Gasteiger partial charge in [-0.1, -0.05) is 30.3 Å². The van der Waals surface area contributed by atoms with Crippen LogP contribution in [0.25, 0.3) is 11.0 Å². The van der Waals surface area contributed by atoms with Gasteiger partial charge in [0.1, 0.15) is 0 Å². The van der Waals surface area contributed by atoms with E-state index in [0.29, 0.717) is 11.5 Å². The van der Waals surface area contributed by atoms with Crippen molar-refractivity contribution < 1.29 is 6.13 Å². The Morgan fingerprint density at radius 1 is 1.00 bits per heavy atom. The molecule has 0 radical (unpaired) electrons. The zero-order valence-electron chi connectivity index (χ0n) is 10.2. The van der Waals surface area contributed by atoms with Gasteiger partial charge in [0.15, 0.2) is 57.5 Å². The molecule has 20 heavy (non-hydrogen) atoms. The van der Waals surface area contributed by atoms with Crippen LogP contribution in [0.4, 0.5) is 0 Å². The molecule has 1 atom stereocenters. The second kappa shape index (κ2) is 7.87. The minimum atomic E-state index is 0.690. The fourth-order valence-corrected chi connectivity index (χ4v) is 2.83. The quantitative estimate of drug-likeness (QED) is 0.259. The van der Waals surface area contributed by atoms with Gasteiger partial charge in [0, 0.05) is 4.91 Å². The Balaban J connectivity index is 2.32. The topological polar surface area (TPSA) is 18.5 Å². The van der Waals surface area contributed by atoms with Gasteiger partial charge < -0.3 is 6.13 Å². The average Bonchev–Trinajstić information content (AvgIpc) is 2.47. The Kier molecular flexibility index (Phi) is 6.45. The molecule has 0 aromatic heterocycles. The van der Waals surface area contributed by atoms with E-state index in [1.807, 2.05) is 94.6 Å². The molecule has 0 aliphatic rings. The fraction of sp³-hybridized carbons (Fsp3) is 0. The maximum atomic E-state index is 5.26. The predicted molar refractivity (Wildman–Crippen MR) is 108 cm³/mol. The fourth-order valence-electron chi connectivity index (χ4n) is 1.63. The van der Waals surface area contributed by atoms with E-state index in [0.717, 1.165) is 21.3 Å². The van der Waals surface area contributed by atoms with Crippen LogP contribution in [-0.4, -0.2) is 0 Å². The molecule has 0 fully saturated rings. The van der Waals surface area contributed by atoms with Crippen LogP contribution in [0.15, 0.2) is 42.5 Å². The molecule has 2 rings (SSSR count). The van der Waals surface area contributed by atoms with Gasteiger partial charge in [0.25, 0.3) is 0 Å². The van der Waals surface area contributed by atoms with Crippen molar-refractivity contribution in [3.05, 3.63) is 53.6 Å². The molecule has 0 spiro atoms. The lowest BCUT2D eigenvalue weighted by atomic mass is 10.1. The first-order valence-electron chi connectivity index (χ1n) is 5.62. The smallest absolute Gasteiger partial charge is 0.192 e. The summed E-state index contributed by atoms with van der Waals surface area (Å²) in [5.41, 5.74) is 2.08. The van der Waals surface area contributed by atoms with Crippen molar-refractivity contribution in [1.82, 2.24) is 0 Å². The molecule has 0 amide bonds. The molecule has 0 heterocycles. The van der Waals surface area contributed by atoms with Crippen LogP contribution in [-0.2, 0) is 0 Å². The van der Waals surface area contributed by atoms with Crippen molar-refractivity contribution in [2.45, 2.75) is 0 Å². The first kappa shape index (κ1) is 16.4. The Morgan fingerprint density at radius 2 is 1.65 bits per heavy atom. The number of hydrogen-bond acceptors (Lipinski definition) is 3. The molecule has 104 valence electrons. The summed E-state index contributed by atoms with van der Waals surface area (Å²) in [6.45, 7) is 0. The average molecular weight is 528 g/mol. The highest BCUT2D eigenvalue weighted by Crippen LogP contribution is 2.32. The summed E-state index contributed by atoms with van der Waals surface area (Å²) in [5.74, 6) is 1.39. The minimum absolute atomic E-state index is 0.690. The normalized spacial score (nSPS) is 11.3. The third-order valence-electron chi connectivity index (χ3n) is 2.64. The van der Waals surface area contributed by atoms with Crippen molar-refractivity contribution in [2.24, 2.45) is 0 Å². The summed E-state index contributed by atoms with van der Waals surface area (Å²) in [7, 11) is 2.67. The van der Waals surface area contributed by atoms with E-state index in [9.17, 15) is 0 Å². The molecule has 0 aliphatic heterocycles. The molecule has 0 saturated heterocycles. The molecule has 2 aromatic carbocycles. The molecule has 0 aliphatic carbocycles. The van der Waals surface area contributed by atoms with Crippen LogP contribution in [0.5, 0.6) is 11.5 Å². The first-order chi connectivity index (χ1) is 9.63. The number of benzene rings is 2. The van der Waals surface area contributed by atoms with Crippen molar-refractivity contribution in [2.75, 3.05) is 0 Å². The van der Waals surface area contributed by atoms with Crippen LogP contribution in [0, 0.1) is 0 Å². The summed E-state index contributed by atoms with van der Waals surface area (Å²) < 4.78 is 10.5. The highest BCUT2D eigenvalue weighted by molar-refractivity contribution is 14.1. The summed E-state index contributed by atoms with van der Waals surface area (Å²) in [5, 5.41) is 1.15. The van der Waals surface area contributed by atoms with Gasteiger partial charge in [-0.05, 0) is 34.6 Å². The van der Waals surface area contributed by atoms with Crippen LogP contribution in [0.2, 0.25) is 0 Å². The van der Waals surface area contributed by atoms with Gasteiger partial charge in [-0.15, -0.1) is 21.9 Å². The van der Waals surface area contributed by atoms with Crippen molar-refractivity contribution in [3.8, 4) is 11.5 Å². The number of rotatable bonds is 4. The second-order valence-corrected chi connectivity index (χ2v) is 6.04. The molecular formula is C14H11I2O2PS. The third kappa shape index (κ3) is 4.26. The Morgan fingerprint density at radius 3 is 2.25 bits per heavy atom. The maximum absolute atomic E-state index is 5.26. The summed E-state index contributed by atoms with van der Waals surface area (Å²) in [6, 6.07) is 13.9. The van der Waals surface area contributed by atoms with Gasteiger partial charge in [0.2, 0.25) is 0 Å². The van der Waals surface area contributed by atoms with E-state index >= 15 is 0 Å². The highest BCUT2D eigenvalue weighted by Gasteiger charge is 2.05. The Hall–Kier alpha value is 0.0200. The van der Waals surface area contributed by atoms with Crippen molar-refractivity contribution in [3.63, 3.8) is 0 Å². The molecule has 0 N–H and O–H groups in total. The molecule has 2 aromatic rings. The van der Waals surface area contributed by atoms with E-state index < -0.39 is 0 Å². The van der Waals surface area contributed by atoms with Crippen LogP contribution in [0.1, 0.15) is 11.1 Å². The van der Waals surface area contributed by atoms with Crippen molar-refractivity contribution in [1.29, 1.82) is 0 Å². The van der Waals surface area contributed by atoms with E-state index in [1.165, 1.54) is 0 Å². The molecule has 6 heteroatoms. The van der Waals surface area contributed by atoms with Gasteiger partial charge in [-0.25, -0.2) is 0 Å². The van der Waals surface area contributed by atoms with Crippen LogP contribution < -0.4 is 11.4 Å². The Labute approximate surface area is 154 Å². The maximum Gasteiger partial charge on any atom is 0.192 e. The van der Waals surface area contributed by atoms with Crippen molar-refractivity contribution >= 4 is 84.2 Å². The number of halogens is 2. The zero-order chi connectivity index (χ0) is 14.5. The highest BCUT2D eigenvalue weighted by atomic mass is 127. The molecule has 2 nitrogen and oxygen atoms in total. The van der Waals surface area contributed by atoms with Gasteiger partial charge >= 0.3 is 0 Å². The lowest BCUT2D eigenvalue weighted by Gasteiger charge is -2.06. The molecule has 0 bridgehead atoms. The van der Waals surface area contributed by atoms with E-state index in [-0.39, 0.29) is 0 Å². The molecule has 0 saturated carbocycles. The monoisotopic (exact) mass is 528 g/mol. The van der Waals surface area contributed by atoms with E-state index in [4.69, 9.17) is 6.13 Å². The summed E-state index contributed by atoms with van der Waals surface area (Å²) in [6.07, 6.45) is 2.00. The lowest BCUT2D eigenvalue weighted by Crippen LogP contribution is -1.88. The summed E-state index contributed by atoms with van der Waals surface area (Å²) >= 11 is 8.23. The van der Waals surface area contributed by atoms with E-state index in [2.05, 4.69) is 21.9 Å². The first-order valence-corrected chi connectivity index (χ1v) is 8.40. The SMILES string of the molecule is Pc1ccc(/C(S)=C/c2ccc(OI)c(OI)c2)cc1. The molecule has 1 unspecified atom stereocenters. The number of thiol groups is 1. The van der Waals surface area contributed by atoms with Gasteiger partial charge in [-0.2, -0.15) is 0 Å². The summed E-state index contributed by atoms with van der Waals surface area (Å²) in [4.78, 5) is 0.901. The minimum Gasteiger partial charge on any atom is -0.424 e. The Bertz CT molecular complexity index is 630. The van der Waals surface area contributed by atoms with Crippen LogP contribution in [0.3, 0.4) is 0 Å². The van der Waals surface area contributed by atoms with Crippen LogP contribution >= 0.6 is 67.9 Å². The number of hydrogen-bond donors (Lipinski definition) is 1. The predicted octanol–water partition coefficient (Wildman–Crippen LogP) is 5.07. The molecular weight excluding hydrogens is 517 g/mol. The zero-order valence-corrected chi connectivity index (χ0v) is 16.6. The second-order valence-electron chi connectivity index (χ2n) is 4.01.